The Morgan fingerprint density at radius 3 is 2.30 bits per heavy atom. The first-order valence-electron chi connectivity index (χ1n) is 5.84. The molecule has 1 heterocycles. The Kier molecular flexibility index (Phi) is 3.89. The Morgan fingerprint density at radius 1 is 1.30 bits per heavy atom. The fourth-order valence-corrected chi connectivity index (χ4v) is 3.68. The van der Waals surface area contributed by atoms with Crippen LogP contribution in [0.2, 0.25) is 0 Å². The largest absolute Gasteiger partial charge is 0.463 e. The quantitative estimate of drug-likeness (QED) is 0.655. The van der Waals surface area contributed by atoms with E-state index in [9.17, 15) is 19.1 Å². The van der Waals surface area contributed by atoms with Crippen molar-refractivity contribution in [3.63, 3.8) is 0 Å². The van der Waals surface area contributed by atoms with Gasteiger partial charge in [-0.1, -0.05) is 0 Å². The second-order valence-corrected chi connectivity index (χ2v) is 6.86. The topological polar surface area (TPSA) is 113 Å². The summed E-state index contributed by atoms with van der Waals surface area (Å²) in [6.07, 6.45) is -1.40. The van der Waals surface area contributed by atoms with E-state index in [1.807, 2.05) is 4.90 Å². The Bertz CT molecular complexity index is 635. The average molecular weight is 299 g/mol. The van der Waals surface area contributed by atoms with Gasteiger partial charge in [0.2, 0.25) is 0 Å². The molecule has 1 aliphatic rings. The fourth-order valence-electron chi connectivity index (χ4n) is 2.00. The maximum Gasteiger partial charge on any atom is 0.439 e. The third kappa shape index (κ3) is 3.23. The number of rotatable bonds is 2. The summed E-state index contributed by atoms with van der Waals surface area (Å²) in [5, 5.41) is 19.1. The molecule has 0 spiro atoms. The minimum Gasteiger partial charge on any atom is -0.463 e. The van der Waals surface area contributed by atoms with Gasteiger partial charge in [-0.2, -0.15) is 0 Å². The predicted octanol–water partition coefficient (Wildman–Crippen LogP) is 1.56. The molecule has 1 N–H and O–H groups in total. The van der Waals surface area contributed by atoms with Crippen LogP contribution in [0.1, 0.15) is 0 Å². The summed E-state index contributed by atoms with van der Waals surface area (Å²) >= 11 is 0. The van der Waals surface area contributed by atoms with Gasteiger partial charge in [0.15, 0.2) is 0 Å². The highest BCUT2D eigenvalue weighted by Gasteiger charge is 2.22. The first-order chi connectivity index (χ1) is 9.39. The summed E-state index contributed by atoms with van der Waals surface area (Å²) in [6, 6.07) is 6.06. The molecule has 0 unspecified atom stereocenters. The van der Waals surface area contributed by atoms with Gasteiger partial charge in [0, 0.05) is 42.4 Å². The van der Waals surface area contributed by atoms with Crippen molar-refractivity contribution < 1.29 is 19.0 Å². The molecule has 1 fully saturated rings. The van der Waals surface area contributed by atoms with E-state index in [4.69, 9.17) is 5.11 Å². The van der Waals surface area contributed by atoms with Crippen molar-refractivity contribution in [2.75, 3.05) is 29.5 Å². The maximum atomic E-state index is 12.1. The third-order valence-electron chi connectivity index (χ3n) is 3.03. The lowest BCUT2D eigenvalue weighted by Gasteiger charge is -2.30. The Morgan fingerprint density at radius 2 is 1.85 bits per heavy atom. The molecule has 0 aliphatic carbocycles. The first kappa shape index (κ1) is 14.3. The molecule has 1 aliphatic heterocycles. The summed E-state index contributed by atoms with van der Waals surface area (Å²) in [5.41, 5.74) is 0.794. The number of anilines is 1. The van der Waals surface area contributed by atoms with Gasteiger partial charge < -0.3 is 10.0 Å². The van der Waals surface area contributed by atoms with Crippen LogP contribution in [0.5, 0.6) is 0 Å². The second kappa shape index (κ2) is 5.45. The van der Waals surface area contributed by atoms with E-state index < -0.39 is 20.7 Å². The number of nitro groups is 1. The van der Waals surface area contributed by atoms with E-state index in [0.717, 1.165) is 5.69 Å². The minimum atomic E-state index is -2.68. The monoisotopic (exact) mass is 299 g/mol. The number of hydrogen-bond donors (Lipinski definition) is 1. The summed E-state index contributed by atoms with van der Waals surface area (Å²) in [5.74, 6) is 0.354. The smallest absolute Gasteiger partial charge is 0.439 e. The molecule has 2 rings (SSSR count). The van der Waals surface area contributed by atoms with Crippen molar-refractivity contribution in [2.24, 2.45) is 4.36 Å². The van der Waals surface area contributed by atoms with Crippen LogP contribution in [0, 0.1) is 10.1 Å². The molecular weight excluding hydrogens is 286 g/mol. The van der Waals surface area contributed by atoms with Crippen molar-refractivity contribution in [2.45, 2.75) is 0 Å². The van der Waals surface area contributed by atoms with Crippen LogP contribution in [-0.4, -0.2) is 44.9 Å². The third-order valence-corrected chi connectivity index (χ3v) is 5.16. The van der Waals surface area contributed by atoms with E-state index in [2.05, 4.69) is 4.36 Å². The van der Waals surface area contributed by atoms with Gasteiger partial charge in [-0.25, -0.2) is 9.00 Å². The van der Waals surface area contributed by atoms with Crippen LogP contribution >= 0.6 is 0 Å². The molecule has 0 atom stereocenters. The summed E-state index contributed by atoms with van der Waals surface area (Å²) in [4.78, 5) is 22.5. The van der Waals surface area contributed by atoms with Crippen LogP contribution in [-0.2, 0) is 9.73 Å². The molecule has 20 heavy (non-hydrogen) atoms. The number of benzene rings is 1. The van der Waals surface area contributed by atoms with Crippen LogP contribution in [0.15, 0.2) is 28.6 Å². The van der Waals surface area contributed by atoms with Crippen molar-refractivity contribution in [1.29, 1.82) is 0 Å². The molecule has 1 saturated heterocycles. The highest BCUT2D eigenvalue weighted by Crippen LogP contribution is 2.21. The van der Waals surface area contributed by atoms with E-state index in [1.165, 1.54) is 12.1 Å². The SMILES string of the molecule is O=C(O)N=S1(=O)CCN(c2ccc([N+](=O)[O-])cc2)CC1. The number of nitro benzene ring substituents is 1. The molecule has 0 aromatic heterocycles. The zero-order chi connectivity index (χ0) is 14.8. The van der Waals surface area contributed by atoms with Crippen molar-refractivity contribution >= 4 is 27.2 Å². The van der Waals surface area contributed by atoms with Gasteiger partial charge in [-0.15, -0.1) is 4.36 Å². The molecule has 0 saturated carbocycles. The second-order valence-electron chi connectivity index (χ2n) is 4.32. The molecule has 0 radical (unpaired) electrons. The molecule has 1 amide bonds. The van der Waals surface area contributed by atoms with Gasteiger partial charge in [0.1, 0.15) is 0 Å². The van der Waals surface area contributed by atoms with E-state index in [-0.39, 0.29) is 17.2 Å². The van der Waals surface area contributed by atoms with Crippen molar-refractivity contribution in [3.05, 3.63) is 34.4 Å². The van der Waals surface area contributed by atoms with Crippen LogP contribution in [0.3, 0.4) is 0 Å². The Labute approximate surface area is 115 Å². The normalized spacial score (nSPS) is 17.5. The number of amides is 1. The highest BCUT2D eigenvalue weighted by atomic mass is 32.2. The molecule has 108 valence electrons. The molecule has 1 aromatic rings. The Balaban J connectivity index is 2.09. The van der Waals surface area contributed by atoms with Gasteiger partial charge in [-0.05, 0) is 12.1 Å². The number of nitrogens with zero attached hydrogens (tertiary/aromatic N) is 3. The van der Waals surface area contributed by atoms with Gasteiger partial charge in [-0.3, -0.25) is 10.1 Å². The predicted molar refractivity (Wildman–Crippen MR) is 73.6 cm³/mol. The van der Waals surface area contributed by atoms with Crippen molar-refractivity contribution in [1.82, 2.24) is 0 Å². The van der Waals surface area contributed by atoms with Crippen molar-refractivity contribution in [3.8, 4) is 0 Å². The van der Waals surface area contributed by atoms with Crippen LogP contribution in [0.25, 0.3) is 0 Å². The van der Waals surface area contributed by atoms with Crippen LogP contribution < -0.4 is 4.90 Å². The first-order valence-corrected chi connectivity index (χ1v) is 7.70. The zero-order valence-corrected chi connectivity index (χ0v) is 11.3. The fraction of sp³-hybridized carbons (Fsp3) is 0.364. The average Bonchev–Trinajstić information content (AvgIpc) is 2.38. The van der Waals surface area contributed by atoms with E-state index in [0.29, 0.717) is 13.1 Å². The minimum absolute atomic E-state index is 0.00966. The summed E-state index contributed by atoms with van der Waals surface area (Å²) < 4.78 is 15.3. The highest BCUT2D eigenvalue weighted by molar-refractivity contribution is 7.94. The molecule has 8 nitrogen and oxygen atoms in total. The van der Waals surface area contributed by atoms with Crippen LogP contribution in [0.4, 0.5) is 16.2 Å². The Hall–Kier alpha value is -2.16. The lowest BCUT2D eigenvalue weighted by atomic mass is 10.2. The molecule has 1 aromatic carbocycles. The summed E-state index contributed by atoms with van der Waals surface area (Å²) in [7, 11) is -2.68. The molecule has 0 bridgehead atoms. The summed E-state index contributed by atoms with van der Waals surface area (Å²) in [6.45, 7) is 0.820. The molecular formula is C11H13N3O5S. The molecule has 9 heteroatoms. The van der Waals surface area contributed by atoms with E-state index >= 15 is 0 Å². The van der Waals surface area contributed by atoms with Gasteiger partial charge in [0.05, 0.1) is 14.7 Å². The van der Waals surface area contributed by atoms with Gasteiger partial charge in [0.25, 0.3) is 5.69 Å². The standard InChI is InChI=1S/C11H13N3O5S/c15-11(16)12-20(19)7-5-13(6-8-20)9-1-3-10(4-2-9)14(17)18/h1-4H,5-8H2,(H,15,16). The lowest BCUT2D eigenvalue weighted by Crippen LogP contribution is -2.40. The number of carbonyl (C=O) groups is 1. The van der Waals surface area contributed by atoms with Gasteiger partial charge >= 0.3 is 6.09 Å². The maximum absolute atomic E-state index is 12.1. The zero-order valence-electron chi connectivity index (χ0n) is 10.5. The number of non-ortho nitro benzene ring substituents is 1. The number of hydrogen-bond acceptors (Lipinski definition) is 5. The van der Waals surface area contributed by atoms with E-state index in [1.54, 1.807) is 12.1 Å². The number of carboxylic acid groups (broad SMARTS) is 1. The lowest BCUT2D eigenvalue weighted by molar-refractivity contribution is -0.384.